The molecule has 2 aromatic rings. The molecule has 2 heteroatoms. The first-order chi connectivity index (χ1) is 7.29. The number of hydrogen-bond acceptors (Lipinski definition) is 2. The molecule has 0 radical (unpaired) electrons. The van der Waals surface area contributed by atoms with Crippen LogP contribution in [0.5, 0.6) is 0 Å². The summed E-state index contributed by atoms with van der Waals surface area (Å²) in [5, 5.41) is 4.06. The molecule has 0 bridgehead atoms. The Morgan fingerprint density at radius 1 is 1.20 bits per heavy atom. The lowest BCUT2D eigenvalue weighted by molar-refractivity contribution is 0.384. The van der Waals surface area contributed by atoms with Crippen molar-refractivity contribution in [2.75, 3.05) is 0 Å². The zero-order valence-corrected chi connectivity index (χ0v) is 9.16. The minimum Gasteiger partial charge on any atom is -0.361 e. The van der Waals surface area contributed by atoms with Crippen molar-refractivity contribution in [2.45, 2.75) is 26.7 Å². The minimum absolute atomic E-state index is 0.929. The van der Waals surface area contributed by atoms with Gasteiger partial charge in [0, 0.05) is 18.1 Å². The molecule has 0 N–H and O–H groups in total. The predicted molar refractivity (Wildman–Crippen MR) is 60.7 cm³/mol. The Morgan fingerprint density at radius 2 is 1.93 bits per heavy atom. The highest BCUT2D eigenvalue weighted by molar-refractivity contribution is 5.59. The number of benzene rings is 1. The highest BCUT2D eigenvalue weighted by Crippen LogP contribution is 2.20. The van der Waals surface area contributed by atoms with Gasteiger partial charge in [-0.3, -0.25) is 0 Å². The van der Waals surface area contributed by atoms with Gasteiger partial charge in [0.1, 0.15) is 11.5 Å². The molecule has 15 heavy (non-hydrogen) atoms. The molecule has 1 aromatic carbocycles. The van der Waals surface area contributed by atoms with Crippen LogP contribution in [0.1, 0.15) is 24.7 Å². The maximum atomic E-state index is 5.24. The van der Waals surface area contributed by atoms with Gasteiger partial charge in [0.25, 0.3) is 0 Å². The van der Waals surface area contributed by atoms with Crippen molar-refractivity contribution in [1.82, 2.24) is 5.16 Å². The van der Waals surface area contributed by atoms with Crippen LogP contribution in [0.25, 0.3) is 11.3 Å². The molecule has 1 aromatic heterocycles. The van der Waals surface area contributed by atoms with Gasteiger partial charge in [-0.2, -0.15) is 0 Å². The van der Waals surface area contributed by atoms with Crippen LogP contribution in [-0.2, 0) is 6.42 Å². The van der Waals surface area contributed by atoms with Gasteiger partial charge in [-0.05, 0) is 13.3 Å². The van der Waals surface area contributed by atoms with Gasteiger partial charge >= 0.3 is 0 Å². The zero-order chi connectivity index (χ0) is 10.7. The SMILES string of the molecule is CCCc1cc(-c2ccc(C)cc2)no1. The number of hydrogen-bond donors (Lipinski definition) is 0. The van der Waals surface area contributed by atoms with E-state index in [0.29, 0.717) is 0 Å². The van der Waals surface area contributed by atoms with Crippen molar-refractivity contribution in [3.05, 3.63) is 41.7 Å². The summed E-state index contributed by atoms with van der Waals surface area (Å²) in [4.78, 5) is 0. The first-order valence-corrected chi connectivity index (χ1v) is 5.32. The fourth-order valence-corrected chi connectivity index (χ4v) is 1.54. The lowest BCUT2D eigenvalue weighted by atomic mass is 10.1. The summed E-state index contributed by atoms with van der Waals surface area (Å²) in [6.45, 7) is 4.21. The number of aryl methyl sites for hydroxylation is 2. The van der Waals surface area contributed by atoms with Crippen molar-refractivity contribution in [3.63, 3.8) is 0 Å². The lowest BCUT2D eigenvalue weighted by Gasteiger charge is -1.95. The largest absolute Gasteiger partial charge is 0.361 e. The minimum atomic E-state index is 0.929. The quantitative estimate of drug-likeness (QED) is 0.758. The molecule has 2 nitrogen and oxygen atoms in total. The molecule has 0 spiro atoms. The standard InChI is InChI=1S/C13H15NO/c1-3-4-12-9-13(14-15-12)11-7-5-10(2)6-8-11/h5-9H,3-4H2,1-2H3. The van der Waals surface area contributed by atoms with Gasteiger partial charge < -0.3 is 4.52 Å². The normalized spacial score (nSPS) is 10.5. The first kappa shape index (κ1) is 9.97. The van der Waals surface area contributed by atoms with Crippen molar-refractivity contribution >= 4 is 0 Å². The second-order valence-corrected chi connectivity index (χ2v) is 3.79. The fraction of sp³-hybridized carbons (Fsp3) is 0.308. The van der Waals surface area contributed by atoms with E-state index in [0.717, 1.165) is 29.9 Å². The molecule has 0 amide bonds. The van der Waals surface area contributed by atoms with Crippen LogP contribution < -0.4 is 0 Å². The second-order valence-electron chi connectivity index (χ2n) is 3.79. The molecule has 0 saturated heterocycles. The molecule has 0 fully saturated rings. The van der Waals surface area contributed by atoms with Gasteiger partial charge in [0.05, 0.1) is 0 Å². The Labute approximate surface area is 89.9 Å². The topological polar surface area (TPSA) is 26.0 Å². The predicted octanol–water partition coefficient (Wildman–Crippen LogP) is 3.60. The summed E-state index contributed by atoms with van der Waals surface area (Å²) < 4.78 is 5.24. The second kappa shape index (κ2) is 4.30. The summed E-state index contributed by atoms with van der Waals surface area (Å²) in [7, 11) is 0. The Bertz CT molecular complexity index is 428. The third-order valence-corrected chi connectivity index (χ3v) is 2.40. The van der Waals surface area contributed by atoms with Gasteiger partial charge in [0.2, 0.25) is 0 Å². The molecule has 0 aliphatic heterocycles. The van der Waals surface area contributed by atoms with E-state index < -0.39 is 0 Å². The van der Waals surface area contributed by atoms with E-state index >= 15 is 0 Å². The molecule has 2 rings (SSSR count). The molecule has 0 atom stereocenters. The summed E-state index contributed by atoms with van der Waals surface area (Å²) in [5.41, 5.74) is 3.31. The van der Waals surface area contributed by atoms with Gasteiger partial charge in [-0.15, -0.1) is 0 Å². The van der Waals surface area contributed by atoms with Crippen LogP contribution >= 0.6 is 0 Å². The average Bonchev–Trinajstić information content (AvgIpc) is 2.68. The average molecular weight is 201 g/mol. The van der Waals surface area contributed by atoms with Crippen LogP contribution in [0.3, 0.4) is 0 Å². The monoisotopic (exact) mass is 201 g/mol. The van der Waals surface area contributed by atoms with E-state index in [1.807, 2.05) is 6.07 Å². The van der Waals surface area contributed by atoms with Crippen molar-refractivity contribution in [1.29, 1.82) is 0 Å². The fourth-order valence-electron chi connectivity index (χ4n) is 1.54. The first-order valence-electron chi connectivity index (χ1n) is 5.32. The van der Waals surface area contributed by atoms with E-state index in [4.69, 9.17) is 4.52 Å². The molecule has 0 unspecified atom stereocenters. The van der Waals surface area contributed by atoms with Crippen molar-refractivity contribution in [3.8, 4) is 11.3 Å². The van der Waals surface area contributed by atoms with E-state index in [1.165, 1.54) is 5.56 Å². The van der Waals surface area contributed by atoms with Gasteiger partial charge in [-0.25, -0.2) is 0 Å². The van der Waals surface area contributed by atoms with Gasteiger partial charge in [-0.1, -0.05) is 41.9 Å². The Hall–Kier alpha value is -1.57. The molecule has 0 saturated carbocycles. The van der Waals surface area contributed by atoms with Gasteiger partial charge in [0.15, 0.2) is 0 Å². The van der Waals surface area contributed by atoms with Crippen LogP contribution in [0.2, 0.25) is 0 Å². The van der Waals surface area contributed by atoms with E-state index in [2.05, 4.69) is 43.3 Å². The number of nitrogens with zero attached hydrogens (tertiary/aromatic N) is 1. The Morgan fingerprint density at radius 3 is 2.60 bits per heavy atom. The third-order valence-electron chi connectivity index (χ3n) is 2.40. The third kappa shape index (κ3) is 2.27. The molecular weight excluding hydrogens is 186 g/mol. The Kier molecular flexibility index (Phi) is 2.86. The molecule has 0 aliphatic rings. The van der Waals surface area contributed by atoms with Crippen LogP contribution in [-0.4, -0.2) is 5.16 Å². The van der Waals surface area contributed by atoms with E-state index in [9.17, 15) is 0 Å². The molecule has 78 valence electrons. The summed E-state index contributed by atoms with van der Waals surface area (Å²) in [6.07, 6.45) is 2.04. The molecule has 0 aliphatic carbocycles. The maximum Gasteiger partial charge on any atom is 0.137 e. The van der Waals surface area contributed by atoms with Crippen LogP contribution in [0.4, 0.5) is 0 Å². The highest BCUT2D eigenvalue weighted by Gasteiger charge is 2.04. The zero-order valence-electron chi connectivity index (χ0n) is 9.16. The number of rotatable bonds is 3. The van der Waals surface area contributed by atoms with Crippen molar-refractivity contribution in [2.24, 2.45) is 0 Å². The number of aromatic nitrogens is 1. The van der Waals surface area contributed by atoms with Crippen LogP contribution in [0.15, 0.2) is 34.9 Å². The van der Waals surface area contributed by atoms with E-state index in [1.54, 1.807) is 0 Å². The summed E-state index contributed by atoms with van der Waals surface area (Å²) in [5.74, 6) is 0.966. The summed E-state index contributed by atoms with van der Waals surface area (Å²) >= 11 is 0. The highest BCUT2D eigenvalue weighted by atomic mass is 16.5. The smallest absolute Gasteiger partial charge is 0.137 e. The maximum absolute atomic E-state index is 5.24. The molecule has 1 heterocycles. The van der Waals surface area contributed by atoms with Crippen molar-refractivity contribution < 1.29 is 4.52 Å². The molecular formula is C13H15NO. The summed E-state index contributed by atoms with van der Waals surface area (Å²) in [6, 6.07) is 10.3. The Balaban J connectivity index is 2.25. The van der Waals surface area contributed by atoms with E-state index in [-0.39, 0.29) is 0 Å². The lowest BCUT2D eigenvalue weighted by Crippen LogP contribution is -1.77. The van der Waals surface area contributed by atoms with Crippen LogP contribution in [0, 0.1) is 6.92 Å².